The predicted molar refractivity (Wildman–Crippen MR) is 94.2 cm³/mol. The Kier molecular flexibility index (Phi) is 5.38. The molecule has 0 saturated heterocycles. The van der Waals surface area contributed by atoms with E-state index in [0.717, 1.165) is 16.8 Å². The minimum atomic E-state index is -4.02. The van der Waals surface area contributed by atoms with Crippen LogP contribution in [0.3, 0.4) is 0 Å². The van der Waals surface area contributed by atoms with Gasteiger partial charge < -0.3 is 5.73 Å². The van der Waals surface area contributed by atoms with Crippen molar-refractivity contribution in [3.8, 4) is 11.3 Å². The second-order valence-electron chi connectivity index (χ2n) is 5.30. The van der Waals surface area contributed by atoms with Crippen molar-refractivity contribution in [2.75, 3.05) is 5.73 Å². The molecule has 4 N–H and O–H groups in total. The van der Waals surface area contributed by atoms with Gasteiger partial charge in [-0.1, -0.05) is 42.0 Å². The molecule has 0 saturated carbocycles. The lowest BCUT2D eigenvalue weighted by atomic mass is 10.1. The molecular weight excluding hydrogens is 326 g/mol. The number of aromatic amines is 1. The molecular formula is C17H19N3O3S. The predicted octanol–water partition coefficient (Wildman–Crippen LogP) is 3.21. The maximum Gasteiger partial charge on any atom is 0.294 e. The van der Waals surface area contributed by atoms with Crippen molar-refractivity contribution in [3.05, 3.63) is 65.9 Å². The van der Waals surface area contributed by atoms with Gasteiger partial charge in [0.05, 0.1) is 22.5 Å². The standard InChI is InChI=1S/C10H11N3.C7H8O3S/c1-7-4-2-3-5-8(7)10-9(11)6-12-13-10;1-6-2-4-7(5-3-6)11(8,9)10/h2-6H,11H2,1H3,(H,12,13);2-5H,1H3,(H,8,9,10). The average Bonchev–Trinajstić information content (AvgIpc) is 2.94. The van der Waals surface area contributed by atoms with Crippen molar-refractivity contribution in [3.63, 3.8) is 0 Å². The van der Waals surface area contributed by atoms with Gasteiger partial charge in [-0.2, -0.15) is 13.5 Å². The molecule has 0 atom stereocenters. The molecule has 3 aromatic rings. The molecule has 2 aromatic carbocycles. The van der Waals surface area contributed by atoms with Crippen LogP contribution in [-0.4, -0.2) is 23.2 Å². The summed E-state index contributed by atoms with van der Waals surface area (Å²) in [5, 5.41) is 6.78. The third kappa shape index (κ3) is 4.43. The van der Waals surface area contributed by atoms with Gasteiger partial charge in [0.2, 0.25) is 0 Å². The molecule has 0 fully saturated rings. The largest absolute Gasteiger partial charge is 0.396 e. The van der Waals surface area contributed by atoms with E-state index >= 15 is 0 Å². The van der Waals surface area contributed by atoms with Gasteiger partial charge >= 0.3 is 0 Å². The number of benzene rings is 2. The molecule has 0 amide bonds. The summed E-state index contributed by atoms with van der Waals surface area (Å²) >= 11 is 0. The van der Waals surface area contributed by atoms with E-state index in [9.17, 15) is 8.42 Å². The fourth-order valence-corrected chi connectivity index (χ4v) is 2.55. The van der Waals surface area contributed by atoms with E-state index in [-0.39, 0.29) is 4.90 Å². The van der Waals surface area contributed by atoms with Crippen molar-refractivity contribution >= 4 is 15.8 Å². The molecule has 7 heteroatoms. The summed E-state index contributed by atoms with van der Waals surface area (Å²) in [4.78, 5) is -0.0666. The molecule has 6 nitrogen and oxygen atoms in total. The van der Waals surface area contributed by atoms with E-state index in [1.165, 1.54) is 17.7 Å². The van der Waals surface area contributed by atoms with Gasteiger partial charge in [-0.3, -0.25) is 9.65 Å². The zero-order chi connectivity index (χ0) is 17.7. The highest BCUT2D eigenvalue weighted by Crippen LogP contribution is 2.25. The maximum absolute atomic E-state index is 10.5. The second kappa shape index (κ2) is 7.29. The number of nitrogens with one attached hydrogen (secondary N) is 1. The molecule has 0 radical (unpaired) electrons. The van der Waals surface area contributed by atoms with Crippen LogP contribution in [0.4, 0.5) is 5.69 Å². The monoisotopic (exact) mass is 345 g/mol. The van der Waals surface area contributed by atoms with E-state index in [1.807, 2.05) is 25.1 Å². The van der Waals surface area contributed by atoms with E-state index in [1.54, 1.807) is 18.3 Å². The number of nitrogens with zero attached hydrogens (tertiary/aromatic N) is 1. The summed E-state index contributed by atoms with van der Waals surface area (Å²) in [7, 11) is -4.02. The van der Waals surface area contributed by atoms with Gasteiger partial charge in [-0.05, 0) is 31.5 Å². The first-order valence-electron chi connectivity index (χ1n) is 7.18. The second-order valence-corrected chi connectivity index (χ2v) is 6.72. The van der Waals surface area contributed by atoms with Crippen molar-refractivity contribution in [2.45, 2.75) is 18.7 Å². The van der Waals surface area contributed by atoms with Gasteiger partial charge in [0.25, 0.3) is 10.1 Å². The number of nitrogens with two attached hydrogens (primary N) is 1. The average molecular weight is 345 g/mol. The number of hydrogen-bond donors (Lipinski definition) is 3. The Morgan fingerprint density at radius 3 is 2.17 bits per heavy atom. The van der Waals surface area contributed by atoms with Gasteiger partial charge in [0.15, 0.2) is 0 Å². The van der Waals surface area contributed by atoms with Crippen LogP contribution in [0.1, 0.15) is 11.1 Å². The molecule has 1 aromatic heterocycles. The Morgan fingerprint density at radius 2 is 1.67 bits per heavy atom. The highest BCUT2D eigenvalue weighted by atomic mass is 32.2. The van der Waals surface area contributed by atoms with Gasteiger partial charge in [-0.15, -0.1) is 0 Å². The van der Waals surface area contributed by atoms with Crippen molar-refractivity contribution < 1.29 is 13.0 Å². The fraction of sp³-hybridized carbons (Fsp3) is 0.118. The SMILES string of the molecule is Cc1ccc(S(=O)(=O)O)cc1.Cc1ccccc1-c1[nH]ncc1N. The zero-order valence-electron chi connectivity index (χ0n) is 13.4. The molecule has 0 aliphatic carbocycles. The summed E-state index contributed by atoms with van der Waals surface area (Å²) < 4.78 is 29.6. The molecule has 0 bridgehead atoms. The topological polar surface area (TPSA) is 109 Å². The van der Waals surface area contributed by atoms with Crippen LogP contribution in [0, 0.1) is 13.8 Å². The number of nitrogen functional groups attached to an aromatic ring is 1. The van der Waals surface area contributed by atoms with Crippen LogP contribution in [-0.2, 0) is 10.1 Å². The lowest BCUT2D eigenvalue weighted by molar-refractivity contribution is 0.483. The number of hydrogen-bond acceptors (Lipinski definition) is 4. The van der Waals surface area contributed by atoms with Gasteiger partial charge in [0, 0.05) is 5.56 Å². The lowest BCUT2D eigenvalue weighted by Gasteiger charge is -2.02. The quantitative estimate of drug-likeness (QED) is 0.618. The molecule has 1 heterocycles. The molecule has 0 aliphatic heterocycles. The molecule has 0 unspecified atom stereocenters. The van der Waals surface area contributed by atoms with Crippen LogP contribution < -0.4 is 5.73 Å². The summed E-state index contributed by atoms with van der Waals surface area (Å²) in [6.45, 7) is 3.89. The fourth-order valence-electron chi connectivity index (χ4n) is 2.07. The summed E-state index contributed by atoms with van der Waals surface area (Å²) in [6.07, 6.45) is 1.63. The van der Waals surface area contributed by atoms with E-state index < -0.39 is 10.1 Å². The third-order valence-corrected chi connectivity index (χ3v) is 4.27. The summed E-state index contributed by atoms with van der Waals surface area (Å²) in [5.41, 5.74) is 10.6. The summed E-state index contributed by atoms with van der Waals surface area (Å²) in [5.74, 6) is 0. The molecule has 0 aliphatic rings. The Balaban J connectivity index is 0.000000177. The maximum atomic E-state index is 10.5. The zero-order valence-corrected chi connectivity index (χ0v) is 14.2. The number of anilines is 1. The van der Waals surface area contributed by atoms with Crippen molar-refractivity contribution in [1.82, 2.24) is 10.2 Å². The van der Waals surface area contributed by atoms with Gasteiger partial charge in [-0.25, -0.2) is 0 Å². The Labute approximate surface area is 141 Å². The molecule has 0 spiro atoms. The molecule has 3 rings (SSSR count). The minimum Gasteiger partial charge on any atom is -0.396 e. The van der Waals surface area contributed by atoms with Crippen LogP contribution >= 0.6 is 0 Å². The van der Waals surface area contributed by atoms with Crippen LogP contribution in [0.2, 0.25) is 0 Å². The van der Waals surface area contributed by atoms with E-state index in [2.05, 4.69) is 23.2 Å². The normalized spacial score (nSPS) is 10.8. The van der Waals surface area contributed by atoms with Crippen molar-refractivity contribution in [1.29, 1.82) is 0 Å². The molecule has 126 valence electrons. The number of aryl methyl sites for hydroxylation is 2. The first-order chi connectivity index (χ1) is 11.3. The lowest BCUT2D eigenvalue weighted by Crippen LogP contribution is -1.96. The smallest absolute Gasteiger partial charge is 0.294 e. The van der Waals surface area contributed by atoms with Crippen LogP contribution in [0.15, 0.2) is 59.6 Å². The van der Waals surface area contributed by atoms with Gasteiger partial charge in [0.1, 0.15) is 0 Å². The number of aromatic nitrogens is 2. The molecule has 24 heavy (non-hydrogen) atoms. The van der Waals surface area contributed by atoms with Crippen LogP contribution in [0.5, 0.6) is 0 Å². The highest BCUT2D eigenvalue weighted by Gasteiger charge is 2.07. The summed E-state index contributed by atoms with van der Waals surface area (Å²) in [6, 6.07) is 14.1. The Hall–Kier alpha value is -2.64. The number of H-pyrrole nitrogens is 1. The van der Waals surface area contributed by atoms with Crippen molar-refractivity contribution in [2.24, 2.45) is 0 Å². The Morgan fingerprint density at radius 1 is 1.04 bits per heavy atom. The first-order valence-corrected chi connectivity index (χ1v) is 8.62. The third-order valence-electron chi connectivity index (χ3n) is 3.40. The van der Waals surface area contributed by atoms with E-state index in [0.29, 0.717) is 5.69 Å². The van der Waals surface area contributed by atoms with Crippen LogP contribution in [0.25, 0.3) is 11.3 Å². The Bertz CT molecular complexity index is 916. The highest BCUT2D eigenvalue weighted by molar-refractivity contribution is 7.85. The minimum absolute atomic E-state index is 0.0666. The first kappa shape index (κ1) is 17.7. The van der Waals surface area contributed by atoms with E-state index in [4.69, 9.17) is 10.3 Å². The number of rotatable bonds is 2.